The van der Waals surface area contributed by atoms with E-state index in [0.717, 1.165) is 77.0 Å². The van der Waals surface area contributed by atoms with Crippen molar-refractivity contribution < 1.29 is 28.6 Å². The number of carbonyl (C=O) groups is 3. The van der Waals surface area contributed by atoms with Crippen molar-refractivity contribution >= 4 is 17.9 Å². The number of allylic oxidation sites excluding steroid dienone is 6. The predicted molar refractivity (Wildman–Crippen MR) is 252 cm³/mol. The second kappa shape index (κ2) is 48.3. The molecule has 0 radical (unpaired) electrons. The van der Waals surface area contributed by atoms with Crippen molar-refractivity contribution in [2.75, 3.05) is 13.2 Å². The number of ether oxygens (including phenoxy) is 3. The number of hydrogen-bond acceptors (Lipinski definition) is 6. The normalized spacial score (nSPS) is 12.3. The third-order valence-electron chi connectivity index (χ3n) is 11.1. The Labute approximate surface area is 365 Å². The molecule has 59 heavy (non-hydrogen) atoms. The summed E-state index contributed by atoms with van der Waals surface area (Å²) in [6.07, 6.45) is 55.5. The highest BCUT2D eigenvalue weighted by Crippen LogP contribution is 2.14. The highest BCUT2D eigenvalue weighted by Gasteiger charge is 2.19. The second-order valence-electron chi connectivity index (χ2n) is 17.1. The van der Waals surface area contributed by atoms with Gasteiger partial charge in [0.05, 0.1) is 0 Å². The fourth-order valence-electron chi connectivity index (χ4n) is 7.18. The third kappa shape index (κ3) is 46.5. The molecule has 0 bridgehead atoms. The van der Waals surface area contributed by atoms with Crippen molar-refractivity contribution in [2.24, 2.45) is 0 Å². The SMILES string of the molecule is CCCC/C=C\CCCCCCCC(=O)O[C@H](COC(=O)CCCCCCC/C=C\CCCCCCCC)COC(=O)CCCCCCCCC/C=C\CCCCCC. The molecule has 6 heteroatoms. The Hall–Kier alpha value is -2.37. The van der Waals surface area contributed by atoms with E-state index in [4.69, 9.17) is 14.2 Å². The Morgan fingerprint density at radius 3 is 0.915 bits per heavy atom. The minimum absolute atomic E-state index is 0.0791. The van der Waals surface area contributed by atoms with Gasteiger partial charge in [0.2, 0.25) is 0 Å². The molecule has 0 spiro atoms. The van der Waals surface area contributed by atoms with E-state index in [0.29, 0.717) is 19.3 Å². The van der Waals surface area contributed by atoms with Gasteiger partial charge in [-0.2, -0.15) is 0 Å². The van der Waals surface area contributed by atoms with Gasteiger partial charge in [0, 0.05) is 19.3 Å². The van der Waals surface area contributed by atoms with Gasteiger partial charge in [-0.1, -0.05) is 192 Å². The summed E-state index contributed by atoms with van der Waals surface area (Å²) in [5, 5.41) is 0. The van der Waals surface area contributed by atoms with Crippen molar-refractivity contribution in [3.63, 3.8) is 0 Å². The zero-order valence-electron chi connectivity index (χ0n) is 39.3. The van der Waals surface area contributed by atoms with Crippen molar-refractivity contribution in [1.82, 2.24) is 0 Å². The minimum Gasteiger partial charge on any atom is -0.462 e. The van der Waals surface area contributed by atoms with E-state index in [1.807, 2.05) is 0 Å². The first-order chi connectivity index (χ1) is 29.0. The molecule has 6 nitrogen and oxygen atoms in total. The zero-order chi connectivity index (χ0) is 43.0. The topological polar surface area (TPSA) is 78.9 Å². The number of unbranched alkanes of at least 4 members (excludes halogenated alkanes) is 29. The first kappa shape index (κ1) is 56.6. The molecule has 0 aromatic rings. The maximum Gasteiger partial charge on any atom is 0.306 e. The smallest absolute Gasteiger partial charge is 0.306 e. The van der Waals surface area contributed by atoms with Crippen LogP contribution in [-0.4, -0.2) is 37.2 Å². The average Bonchev–Trinajstić information content (AvgIpc) is 3.23. The van der Waals surface area contributed by atoms with Crippen LogP contribution in [-0.2, 0) is 28.6 Å². The van der Waals surface area contributed by atoms with E-state index in [1.165, 1.54) is 148 Å². The average molecular weight is 829 g/mol. The Morgan fingerprint density at radius 1 is 0.322 bits per heavy atom. The van der Waals surface area contributed by atoms with Gasteiger partial charge in [0.25, 0.3) is 0 Å². The maximum absolute atomic E-state index is 12.7. The van der Waals surface area contributed by atoms with Gasteiger partial charge < -0.3 is 14.2 Å². The van der Waals surface area contributed by atoms with Crippen LogP contribution < -0.4 is 0 Å². The van der Waals surface area contributed by atoms with E-state index in [2.05, 4.69) is 57.2 Å². The maximum atomic E-state index is 12.7. The lowest BCUT2D eigenvalue weighted by atomic mass is 10.1. The number of rotatable bonds is 46. The van der Waals surface area contributed by atoms with Crippen LogP contribution in [0.25, 0.3) is 0 Å². The molecule has 0 heterocycles. The van der Waals surface area contributed by atoms with Crippen LogP contribution in [0.1, 0.15) is 265 Å². The van der Waals surface area contributed by atoms with Crippen molar-refractivity contribution in [1.29, 1.82) is 0 Å². The molecule has 0 saturated carbocycles. The van der Waals surface area contributed by atoms with Crippen molar-refractivity contribution in [2.45, 2.75) is 271 Å². The van der Waals surface area contributed by atoms with Crippen LogP contribution in [0.5, 0.6) is 0 Å². The quantitative estimate of drug-likeness (QED) is 0.0263. The molecule has 0 aliphatic rings. The standard InChI is InChI=1S/C53H96O6/c1-4-7-10-13-16-19-22-24-26-28-31-33-36-39-42-45-51(54)57-48-50(59-53(56)47-44-41-38-35-30-21-18-15-12-9-6-3)49-58-52(55)46-43-40-37-34-32-29-27-25-23-20-17-14-11-8-5-2/h15,18-19,22,25,27,50H,4-14,16-17,20-21,23-24,26,28-49H2,1-3H3/b18-15-,22-19-,27-25-/t50-/m0/s1. The van der Waals surface area contributed by atoms with E-state index < -0.39 is 6.10 Å². The van der Waals surface area contributed by atoms with Crippen molar-refractivity contribution in [3.8, 4) is 0 Å². The highest BCUT2D eigenvalue weighted by molar-refractivity contribution is 5.71. The van der Waals surface area contributed by atoms with Gasteiger partial charge in [0.15, 0.2) is 6.10 Å². The number of esters is 3. The molecule has 344 valence electrons. The summed E-state index contributed by atoms with van der Waals surface area (Å²) in [6.45, 7) is 6.58. The van der Waals surface area contributed by atoms with Gasteiger partial charge >= 0.3 is 17.9 Å². The Bertz CT molecular complexity index is 1000. The van der Waals surface area contributed by atoms with E-state index in [9.17, 15) is 14.4 Å². The van der Waals surface area contributed by atoms with E-state index >= 15 is 0 Å². The molecule has 0 fully saturated rings. The molecule has 0 aromatic heterocycles. The second-order valence-corrected chi connectivity index (χ2v) is 17.1. The molecule has 0 unspecified atom stereocenters. The zero-order valence-corrected chi connectivity index (χ0v) is 39.3. The molecular weight excluding hydrogens is 733 g/mol. The largest absolute Gasteiger partial charge is 0.462 e. The van der Waals surface area contributed by atoms with Crippen LogP contribution in [0.2, 0.25) is 0 Å². The molecule has 1 atom stereocenters. The Morgan fingerprint density at radius 2 is 0.576 bits per heavy atom. The number of hydrogen-bond donors (Lipinski definition) is 0. The molecule has 0 aliphatic carbocycles. The van der Waals surface area contributed by atoms with Crippen LogP contribution in [0, 0.1) is 0 Å². The van der Waals surface area contributed by atoms with Gasteiger partial charge in [-0.3, -0.25) is 14.4 Å². The lowest BCUT2D eigenvalue weighted by molar-refractivity contribution is -0.167. The van der Waals surface area contributed by atoms with E-state index in [-0.39, 0.29) is 31.1 Å². The first-order valence-electron chi connectivity index (χ1n) is 25.5. The lowest BCUT2D eigenvalue weighted by Crippen LogP contribution is -2.30. The molecule has 0 aromatic carbocycles. The molecule has 0 rings (SSSR count). The van der Waals surface area contributed by atoms with Gasteiger partial charge in [0.1, 0.15) is 13.2 Å². The van der Waals surface area contributed by atoms with Gasteiger partial charge in [-0.05, 0) is 89.9 Å². The molecule has 0 saturated heterocycles. The summed E-state index contributed by atoms with van der Waals surface area (Å²) in [7, 11) is 0. The number of carbonyl (C=O) groups excluding carboxylic acids is 3. The first-order valence-corrected chi connectivity index (χ1v) is 25.5. The highest BCUT2D eigenvalue weighted by atomic mass is 16.6. The summed E-state index contributed by atoms with van der Waals surface area (Å²) in [5.41, 5.74) is 0. The summed E-state index contributed by atoms with van der Waals surface area (Å²) < 4.78 is 16.8. The lowest BCUT2D eigenvalue weighted by Gasteiger charge is -2.18. The fourth-order valence-corrected chi connectivity index (χ4v) is 7.18. The summed E-state index contributed by atoms with van der Waals surface area (Å²) in [4.78, 5) is 37.9. The minimum atomic E-state index is -0.778. The molecule has 0 N–H and O–H groups in total. The van der Waals surface area contributed by atoms with Crippen LogP contribution >= 0.6 is 0 Å². The summed E-state index contributed by atoms with van der Waals surface area (Å²) in [6, 6.07) is 0. The van der Waals surface area contributed by atoms with Crippen molar-refractivity contribution in [3.05, 3.63) is 36.5 Å². The summed E-state index contributed by atoms with van der Waals surface area (Å²) in [5.74, 6) is -0.895. The Balaban J connectivity index is 4.36. The third-order valence-corrected chi connectivity index (χ3v) is 11.1. The van der Waals surface area contributed by atoms with Gasteiger partial charge in [-0.25, -0.2) is 0 Å². The van der Waals surface area contributed by atoms with E-state index in [1.54, 1.807) is 0 Å². The molecular formula is C53H96O6. The van der Waals surface area contributed by atoms with Crippen LogP contribution in [0.3, 0.4) is 0 Å². The fraction of sp³-hybridized carbons (Fsp3) is 0.830. The Kier molecular flexibility index (Phi) is 46.4. The van der Waals surface area contributed by atoms with Gasteiger partial charge in [-0.15, -0.1) is 0 Å². The van der Waals surface area contributed by atoms with Crippen LogP contribution in [0.15, 0.2) is 36.5 Å². The molecule has 0 aliphatic heterocycles. The monoisotopic (exact) mass is 829 g/mol. The van der Waals surface area contributed by atoms with Crippen LogP contribution in [0.4, 0.5) is 0 Å². The predicted octanol–water partition coefficient (Wildman–Crippen LogP) is 16.5. The summed E-state index contributed by atoms with van der Waals surface area (Å²) >= 11 is 0. The molecule has 0 amide bonds.